The van der Waals surface area contributed by atoms with Gasteiger partial charge in [-0.05, 0) is 18.8 Å². The van der Waals surface area contributed by atoms with Gasteiger partial charge in [0.05, 0.1) is 11.3 Å². The lowest BCUT2D eigenvalue weighted by Gasteiger charge is -2.06. The van der Waals surface area contributed by atoms with Crippen molar-refractivity contribution in [3.05, 3.63) is 23.3 Å². The molecule has 0 spiro atoms. The summed E-state index contributed by atoms with van der Waals surface area (Å²) >= 11 is 0. The largest absolute Gasteiger partial charge is 0.478 e. The van der Waals surface area contributed by atoms with Crippen LogP contribution in [0, 0.1) is 5.92 Å². The summed E-state index contributed by atoms with van der Waals surface area (Å²) in [5, 5.41) is 8.93. The Morgan fingerprint density at radius 2 is 2.19 bits per heavy atom. The molecule has 4 nitrogen and oxygen atoms in total. The monoisotopic (exact) mass is 222 g/mol. The van der Waals surface area contributed by atoms with Crippen molar-refractivity contribution < 1.29 is 9.90 Å². The minimum Gasteiger partial charge on any atom is -0.478 e. The SMILES string of the molecule is CCc1nc(CCC(C)C)ncc1C(=O)O. The molecule has 1 aromatic rings. The summed E-state index contributed by atoms with van der Waals surface area (Å²) in [6.07, 6.45) is 3.88. The van der Waals surface area contributed by atoms with E-state index < -0.39 is 5.97 Å². The first kappa shape index (κ1) is 12.6. The number of carboxylic acids is 1. The average Bonchev–Trinajstić information content (AvgIpc) is 2.25. The molecular weight excluding hydrogens is 204 g/mol. The van der Waals surface area contributed by atoms with E-state index in [2.05, 4.69) is 23.8 Å². The molecule has 1 aromatic heterocycles. The molecule has 1 rings (SSSR count). The fourth-order valence-electron chi connectivity index (χ4n) is 1.44. The molecule has 0 bridgehead atoms. The molecule has 0 aliphatic rings. The number of aromatic nitrogens is 2. The van der Waals surface area contributed by atoms with Gasteiger partial charge >= 0.3 is 5.97 Å². The van der Waals surface area contributed by atoms with Crippen molar-refractivity contribution in [3.63, 3.8) is 0 Å². The van der Waals surface area contributed by atoms with Crippen molar-refractivity contribution in [1.82, 2.24) is 9.97 Å². The van der Waals surface area contributed by atoms with Gasteiger partial charge in [0, 0.05) is 12.6 Å². The highest BCUT2D eigenvalue weighted by molar-refractivity contribution is 5.88. The van der Waals surface area contributed by atoms with Gasteiger partial charge in [-0.25, -0.2) is 14.8 Å². The molecule has 0 fully saturated rings. The number of carbonyl (C=O) groups is 1. The fourth-order valence-corrected chi connectivity index (χ4v) is 1.44. The smallest absolute Gasteiger partial charge is 0.339 e. The summed E-state index contributed by atoms with van der Waals surface area (Å²) in [4.78, 5) is 19.3. The lowest BCUT2D eigenvalue weighted by Crippen LogP contribution is -2.09. The molecule has 16 heavy (non-hydrogen) atoms. The minimum atomic E-state index is -0.952. The van der Waals surface area contributed by atoms with E-state index in [1.165, 1.54) is 6.20 Å². The first-order valence-corrected chi connectivity index (χ1v) is 5.62. The molecule has 0 aliphatic carbocycles. The van der Waals surface area contributed by atoms with E-state index in [9.17, 15) is 4.79 Å². The van der Waals surface area contributed by atoms with Gasteiger partial charge < -0.3 is 5.11 Å². The molecule has 1 N–H and O–H groups in total. The minimum absolute atomic E-state index is 0.218. The van der Waals surface area contributed by atoms with Crippen molar-refractivity contribution in [1.29, 1.82) is 0 Å². The third-order valence-electron chi connectivity index (χ3n) is 2.43. The van der Waals surface area contributed by atoms with Crippen molar-refractivity contribution >= 4 is 5.97 Å². The molecule has 0 aromatic carbocycles. The van der Waals surface area contributed by atoms with Gasteiger partial charge in [-0.1, -0.05) is 20.8 Å². The Morgan fingerprint density at radius 1 is 1.50 bits per heavy atom. The number of aryl methyl sites for hydroxylation is 2. The molecular formula is C12H18N2O2. The first-order valence-electron chi connectivity index (χ1n) is 5.62. The second-order valence-corrected chi connectivity index (χ2v) is 4.24. The molecule has 88 valence electrons. The van der Waals surface area contributed by atoms with Crippen molar-refractivity contribution in [2.45, 2.75) is 40.0 Å². The van der Waals surface area contributed by atoms with E-state index in [1.54, 1.807) is 0 Å². The molecule has 0 atom stereocenters. The third-order valence-corrected chi connectivity index (χ3v) is 2.43. The Bertz CT molecular complexity index is 375. The molecule has 0 radical (unpaired) electrons. The number of hydrogen-bond acceptors (Lipinski definition) is 3. The Balaban J connectivity index is 2.86. The zero-order chi connectivity index (χ0) is 12.1. The highest BCUT2D eigenvalue weighted by Crippen LogP contribution is 2.09. The Labute approximate surface area is 95.7 Å². The first-order chi connectivity index (χ1) is 7.54. The van der Waals surface area contributed by atoms with Crippen LogP contribution in [0.1, 0.15) is 49.1 Å². The lowest BCUT2D eigenvalue weighted by molar-refractivity contribution is 0.0694. The molecule has 0 saturated heterocycles. The zero-order valence-electron chi connectivity index (χ0n) is 10.0. The van der Waals surface area contributed by atoms with E-state index in [4.69, 9.17) is 5.11 Å². The third kappa shape index (κ3) is 3.29. The van der Waals surface area contributed by atoms with Gasteiger partial charge in [0.2, 0.25) is 0 Å². The Kier molecular flexibility index (Phi) is 4.40. The van der Waals surface area contributed by atoms with Crippen LogP contribution in [-0.4, -0.2) is 21.0 Å². The molecule has 0 saturated carbocycles. The number of aromatic carboxylic acids is 1. The lowest BCUT2D eigenvalue weighted by atomic mass is 10.1. The number of nitrogens with zero attached hydrogens (tertiary/aromatic N) is 2. The number of carboxylic acid groups (broad SMARTS) is 1. The van der Waals surface area contributed by atoms with Crippen molar-refractivity contribution in [2.75, 3.05) is 0 Å². The van der Waals surface area contributed by atoms with Crippen LogP contribution in [0.2, 0.25) is 0 Å². The average molecular weight is 222 g/mol. The van der Waals surface area contributed by atoms with Gasteiger partial charge in [-0.15, -0.1) is 0 Å². The van der Waals surface area contributed by atoms with Crippen LogP contribution in [0.4, 0.5) is 0 Å². The van der Waals surface area contributed by atoms with Crippen molar-refractivity contribution in [2.24, 2.45) is 5.92 Å². The summed E-state index contributed by atoms with van der Waals surface area (Å²) in [5.74, 6) is 0.399. The second-order valence-electron chi connectivity index (χ2n) is 4.24. The van der Waals surface area contributed by atoms with Crippen LogP contribution in [0.25, 0.3) is 0 Å². The molecule has 1 heterocycles. The summed E-state index contributed by atoms with van der Waals surface area (Å²) in [5.41, 5.74) is 0.844. The summed E-state index contributed by atoms with van der Waals surface area (Å²) in [6.45, 7) is 6.19. The van der Waals surface area contributed by atoms with E-state index >= 15 is 0 Å². The zero-order valence-corrected chi connectivity index (χ0v) is 10.0. The normalized spacial score (nSPS) is 10.8. The summed E-state index contributed by atoms with van der Waals surface area (Å²) < 4.78 is 0. The van der Waals surface area contributed by atoms with E-state index in [0.717, 1.165) is 18.7 Å². The highest BCUT2D eigenvalue weighted by Gasteiger charge is 2.11. The fraction of sp³-hybridized carbons (Fsp3) is 0.583. The van der Waals surface area contributed by atoms with Crippen LogP contribution in [0.3, 0.4) is 0 Å². The summed E-state index contributed by atoms with van der Waals surface area (Å²) in [7, 11) is 0. The maximum absolute atomic E-state index is 10.9. The molecule has 0 aliphatic heterocycles. The Hall–Kier alpha value is -1.45. The quantitative estimate of drug-likeness (QED) is 0.830. The predicted octanol–water partition coefficient (Wildman–Crippen LogP) is 2.33. The summed E-state index contributed by atoms with van der Waals surface area (Å²) in [6, 6.07) is 0. The van der Waals surface area contributed by atoms with Gasteiger partial charge in [-0.3, -0.25) is 0 Å². The molecule has 0 unspecified atom stereocenters. The standard InChI is InChI=1S/C12H18N2O2/c1-4-10-9(12(15)16)7-13-11(14-10)6-5-8(2)3/h7-8H,4-6H2,1-3H3,(H,15,16). The van der Waals surface area contributed by atoms with Crippen LogP contribution in [0.5, 0.6) is 0 Å². The van der Waals surface area contributed by atoms with Gasteiger partial charge in [0.15, 0.2) is 0 Å². The van der Waals surface area contributed by atoms with Crippen LogP contribution >= 0.6 is 0 Å². The predicted molar refractivity (Wildman–Crippen MR) is 61.5 cm³/mol. The van der Waals surface area contributed by atoms with Crippen LogP contribution < -0.4 is 0 Å². The van der Waals surface area contributed by atoms with Crippen LogP contribution in [0.15, 0.2) is 6.20 Å². The van der Waals surface area contributed by atoms with Crippen LogP contribution in [-0.2, 0) is 12.8 Å². The van der Waals surface area contributed by atoms with Gasteiger partial charge in [0.25, 0.3) is 0 Å². The maximum atomic E-state index is 10.9. The van der Waals surface area contributed by atoms with Gasteiger partial charge in [0.1, 0.15) is 5.82 Å². The van der Waals surface area contributed by atoms with E-state index in [0.29, 0.717) is 18.0 Å². The Morgan fingerprint density at radius 3 is 2.69 bits per heavy atom. The molecule has 0 amide bonds. The van der Waals surface area contributed by atoms with E-state index in [1.807, 2.05) is 6.92 Å². The maximum Gasteiger partial charge on any atom is 0.339 e. The van der Waals surface area contributed by atoms with E-state index in [-0.39, 0.29) is 5.56 Å². The number of hydrogen-bond donors (Lipinski definition) is 1. The topological polar surface area (TPSA) is 63.1 Å². The molecule has 4 heteroatoms. The number of rotatable bonds is 5. The van der Waals surface area contributed by atoms with Crippen molar-refractivity contribution in [3.8, 4) is 0 Å². The van der Waals surface area contributed by atoms with Gasteiger partial charge in [-0.2, -0.15) is 0 Å². The highest BCUT2D eigenvalue weighted by atomic mass is 16.4. The second kappa shape index (κ2) is 5.58.